The third kappa shape index (κ3) is 5.10. The van der Waals surface area contributed by atoms with Crippen molar-refractivity contribution >= 4 is 22.3 Å². The summed E-state index contributed by atoms with van der Waals surface area (Å²) in [7, 11) is 0. The minimum Gasteiger partial charge on any atom is -0.0654 e. The van der Waals surface area contributed by atoms with Crippen molar-refractivity contribution in [1.29, 1.82) is 0 Å². The molecule has 9 rings (SSSR count). The van der Waals surface area contributed by atoms with E-state index in [1.54, 1.807) is 0 Å². The Hall–Kier alpha value is -5.20. The molecule has 0 unspecified atom stereocenters. The molecule has 6 aromatic carbocycles. The van der Waals surface area contributed by atoms with E-state index < -0.39 is 0 Å². The van der Waals surface area contributed by atoms with Crippen LogP contribution in [0.2, 0.25) is 0 Å². The fourth-order valence-electron chi connectivity index (χ4n) is 9.70. The summed E-state index contributed by atoms with van der Waals surface area (Å²) in [5.74, 6) is 0. The molecule has 0 atom stereocenters. The van der Waals surface area contributed by atoms with Crippen molar-refractivity contribution in [3.63, 3.8) is 0 Å². The Balaban J connectivity index is 1.37. The van der Waals surface area contributed by atoms with Gasteiger partial charge in [0.05, 0.1) is 0 Å². The molecular weight excluding hydrogens is 613 g/mol. The lowest BCUT2D eigenvalue weighted by Crippen LogP contribution is -2.27. The Kier molecular flexibility index (Phi) is 8.40. The van der Waals surface area contributed by atoms with E-state index in [0.717, 1.165) is 6.42 Å². The van der Waals surface area contributed by atoms with Crippen LogP contribution in [-0.4, -0.2) is 0 Å². The van der Waals surface area contributed by atoms with Crippen molar-refractivity contribution in [2.75, 3.05) is 0 Å². The molecule has 0 amide bonds. The SMILES string of the molecule is CCCCCCCCCCC1(c2ccccc2)C(=C2c3ccccc3-c3ccccc32)c2ccccc2C1=C1c2ccccc2-c2ccccc21. The molecule has 250 valence electrons. The van der Waals surface area contributed by atoms with Crippen molar-refractivity contribution < 1.29 is 0 Å². The second kappa shape index (κ2) is 13.5. The van der Waals surface area contributed by atoms with E-state index in [0.29, 0.717) is 0 Å². The number of hydrogen-bond acceptors (Lipinski definition) is 0. The number of unbranched alkanes of at least 4 members (excludes halogenated alkanes) is 7. The van der Waals surface area contributed by atoms with Gasteiger partial charge >= 0.3 is 0 Å². The van der Waals surface area contributed by atoms with Crippen LogP contribution in [0.25, 0.3) is 44.5 Å². The largest absolute Gasteiger partial charge is 0.0654 e. The van der Waals surface area contributed by atoms with Crippen LogP contribution in [0, 0.1) is 0 Å². The zero-order valence-corrected chi connectivity index (χ0v) is 29.8. The molecule has 3 aliphatic rings. The number of allylic oxidation sites excluding steroid dienone is 2. The lowest BCUT2D eigenvalue weighted by Gasteiger charge is -2.37. The summed E-state index contributed by atoms with van der Waals surface area (Å²) in [4.78, 5) is 0. The van der Waals surface area contributed by atoms with Crippen LogP contribution in [0.3, 0.4) is 0 Å². The second-order valence-corrected chi connectivity index (χ2v) is 14.7. The molecule has 0 fully saturated rings. The Bertz CT molecular complexity index is 2070. The normalized spacial score (nSPS) is 14.7. The molecule has 0 heteroatoms. The maximum Gasteiger partial charge on any atom is 0.0476 e. The monoisotopic (exact) mass is 658 g/mol. The molecule has 0 aliphatic heterocycles. The fraction of sp³-hybridized carbons (Fsp3) is 0.216. The number of benzene rings is 6. The Morgan fingerprint density at radius 3 is 1.02 bits per heavy atom. The molecule has 0 saturated heterocycles. The third-order valence-electron chi connectivity index (χ3n) is 11.9. The fourth-order valence-corrected chi connectivity index (χ4v) is 9.70. The molecule has 3 aliphatic carbocycles. The van der Waals surface area contributed by atoms with E-state index in [9.17, 15) is 0 Å². The second-order valence-electron chi connectivity index (χ2n) is 14.7. The van der Waals surface area contributed by atoms with Gasteiger partial charge in [0.25, 0.3) is 0 Å². The van der Waals surface area contributed by atoms with Crippen LogP contribution in [0.5, 0.6) is 0 Å². The lowest BCUT2D eigenvalue weighted by atomic mass is 9.64. The Morgan fingerprint density at radius 1 is 0.314 bits per heavy atom. The van der Waals surface area contributed by atoms with E-state index >= 15 is 0 Å². The maximum atomic E-state index is 2.43. The highest BCUT2D eigenvalue weighted by molar-refractivity contribution is 6.24. The van der Waals surface area contributed by atoms with Gasteiger partial charge in [-0.05, 0) is 89.9 Å². The van der Waals surface area contributed by atoms with E-state index in [-0.39, 0.29) is 5.41 Å². The van der Waals surface area contributed by atoms with Crippen molar-refractivity contribution in [3.8, 4) is 22.3 Å². The van der Waals surface area contributed by atoms with E-state index in [4.69, 9.17) is 0 Å². The van der Waals surface area contributed by atoms with E-state index in [1.807, 2.05) is 0 Å². The number of hydrogen-bond donors (Lipinski definition) is 0. The number of rotatable bonds is 10. The molecule has 51 heavy (non-hydrogen) atoms. The molecule has 0 N–H and O–H groups in total. The zero-order chi connectivity index (χ0) is 34.2. The molecule has 0 radical (unpaired) electrons. The average molecular weight is 659 g/mol. The summed E-state index contributed by atoms with van der Waals surface area (Å²) < 4.78 is 0. The summed E-state index contributed by atoms with van der Waals surface area (Å²) >= 11 is 0. The highest BCUT2D eigenvalue weighted by Gasteiger charge is 2.51. The number of fused-ring (bicyclic) bond motifs is 7. The summed E-state index contributed by atoms with van der Waals surface area (Å²) in [5.41, 5.74) is 20.4. The first-order valence-electron chi connectivity index (χ1n) is 19.4. The van der Waals surface area contributed by atoms with Gasteiger partial charge in [-0.25, -0.2) is 0 Å². The van der Waals surface area contributed by atoms with Gasteiger partial charge in [-0.3, -0.25) is 0 Å². The van der Waals surface area contributed by atoms with E-state index in [1.165, 1.54) is 135 Å². The minimum atomic E-state index is -0.354. The minimum absolute atomic E-state index is 0.354. The van der Waals surface area contributed by atoms with Gasteiger partial charge in [0.1, 0.15) is 0 Å². The van der Waals surface area contributed by atoms with Gasteiger partial charge < -0.3 is 0 Å². The van der Waals surface area contributed by atoms with Crippen LogP contribution >= 0.6 is 0 Å². The Labute approximate surface area is 304 Å². The molecule has 6 aromatic rings. The first-order valence-corrected chi connectivity index (χ1v) is 19.4. The summed E-state index contributed by atoms with van der Waals surface area (Å²) in [6.45, 7) is 2.31. The molecule has 0 heterocycles. The standard InChI is InChI=1S/C51H46/c1-2-3-4-5-6-7-8-22-35-51(36-23-10-9-11-24-36)49(47-41-29-16-12-25-37(41)38-26-13-17-30-42(38)47)45-33-20-21-34-46(45)50(51)48-43-31-18-14-27-39(43)40-28-15-19-32-44(40)48/h9-21,23-34H,2-8,22,35H2,1H3. The van der Waals surface area contributed by atoms with Crippen LogP contribution in [0.4, 0.5) is 0 Å². The molecule has 0 saturated carbocycles. The maximum absolute atomic E-state index is 2.43. The van der Waals surface area contributed by atoms with Gasteiger partial charge in [0, 0.05) is 5.41 Å². The summed E-state index contributed by atoms with van der Waals surface area (Å²) in [6.07, 6.45) is 11.5. The third-order valence-corrected chi connectivity index (χ3v) is 11.9. The highest BCUT2D eigenvalue weighted by atomic mass is 14.5. The molecule has 0 bridgehead atoms. The topological polar surface area (TPSA) is 0 Å². The average Bonchev–Trinajstić information content (AvgIpc) is 3.79. The van der Waals surface area contributed by atoms with Crippen molar-refractivity contribution in [2.24, 2.45) is 0 Å². The first-order chi connectivity index (χ1) is 25.3. The van der Waals surface area contributed by atoms with Crippen LogP contribution in [0.15, 0.2) is 152 Å². The summed E-state index contributed by atoms with van der Waals surface area (Å²) in [5, 5.41) is 0. The van der Waals surface area contributed by atoms with Crippen LogP contribution in [-0.2, 0) is 5.41 Å². The van der Waals surface area contributed by atoms with Crippen molar-refractivity contribution in [1.82, 2.24) is 0 Å². The van der Waals surface area contributed by atoms with Gasteiger partial charge in [-0.2, -0.15) is 0 Å². The lowest BCUT2D eigenvalue weighted by molar-refractivity contribution is 0.532. The van der Waals surface area contributed by atoms with E-state index in [2.05, 4.69) is 159 Å². The molecule has 0 spiro atoms. The van der Waals surface area contributed by atoms with Gasteiger partial charge in [0.15, 0.2) is 0 Å². The van der Waals surface area contributed by atoms with Crippen LogP contribution in [0.1, 0.15) is 104 Å². The quantitative estimate of drug-likeness (QED) is 0.128. The highest BCUT2D eigenvalue weighted by Crippen LogP contribution is 2.66. The Morgan fingerprint density at radius 2 is 0.627 bits per heavy atom. The van der Waals surface area contributed by atoms with Gasteiger partial charge in [-0.1, -0.05) is 210 Å². The molecular formula is C51H46. The van der Waals surface area contributed by atoms with Crippen LogP contribution < -0.4 is 0 Å². The summed E-state index contributed by atoms with van der Waals surface area (Å²) in [6, 6.07) is 57.5. The predicted molar refractivity (Wildman–Crippen MR) is 217 cm³/mol. The van der Waals surface area contributed by atoms with Gasteiger partial charge in [-0.15, -0.1) is 0 Å². The zero-order valence-electron chi connectivity index (χ0n) is 29.8. The van der Waals surface area contributed by atoms with Crippen molar-refractivity contribution in [3.05, 3.63) is 191 Å². The molecule has 0 nitrogen and oxygen atoms in total. The smallest absolute Gasteiger partial charge is 0.0476 e. The molecule has 0 aromatic heterocycles. The van der Waals surface area contributed by atoms with Crippen molar-refractivity contribution in [2.45, 2.75) is 70.1 Å². The predicted octanol–water partition coefficient (Wildman–Crippen LogP) is 14.0. The van der Waals surface area contributed by atoms with Gasteiger partial charge in [0.2, 0.25) is 0 Å². The first kappa shape index (κ1) is 31.8.